The number of nitrogens with one attached hydrogen (secondary N) is 1. The van der Waals surface area contributed by atoms with E-state index in [0.29, 0.717) is 16.7 Å². The van der Waals surface area contributed by atoms with Crippen molar-refractivity contribution in [1.82, 2.24) is 5.43 Å². The van der Waals surface area contributed by atoms with E-state index in [-0.39, 0.29) is 18.3 Å². The molecule has 0 aliphatic carbocycles. The topological polar surface area (TPSA) is 101 Å². The normalized spacial score (nSPS) is 11.1. The number of nitrogens with zero attached hydrogens (tertiary/aromatic N) is 1. The summed E-state index contributed by atoms with van der Waals surface area (Å²) in [5.41, 5.74) is 1.84. The predicted octanol–water partition coefficient (Wildman–Crippen LogP) is 1.70. The lowest BCUT2D eigenvalue weighted by Crippen LogP contribution is -2.44. The van der Waals surface area contributed by atoms with Crippen LogP contribution >= 0.6 is 0 Å². The molecule has 0 spiro atoms. The van der Waals surface area contributed by atoms with Gasteiger partial charge in [0.05, 0.1) is 10.8 Å². The highest BCUT2D eigenvalue weighted by Crippen LogP contribution is 2.33. The van der Waals surface area contributed by atoms with E-state index in [1.807, 2.05) is 18.2 Å². The number of carbonyl (C=O) groups is 1. The third kappa shape index (κ3) is 2.44. The van der Waals surface area contributed by atoms with Gasteiger partial charge in [0.1, 0.15) is 18.3 Å². The first-order valence-electron chi connectivity index (χ1n) is 6.05. The molecule has 0 aliphatic rings. The molecule has 0 atom stereocenters. The van der Waals surface area contributed by atoms with Gasteiger partial charge in [0.15, 0.2) is 5.75 Å². The molecule has 2 aromatic rings. The first-order chi connectivity index (χ1) is 9.49. The van der Waals surface area contributed by atoms with Crippen LogP contribution in [0.1, 0.15) is 19.6 Å². The van der Waals surface area contributed by atoms with Gasteiger partial charge in [0, 0.05) is 0 Å². The summed E-state index contributed by atoms with van der Waals surface area (Å²) in [7, 11) is 0. The van der Waals surface area contributed by atoms with Gasteiger partial charge in [-0.15, -0.1) is 0 Å². The van der Waals surface area contributed by atoms with Gasteiger partial charge >= 0.3 is 0 Å². The maximum absolute atomic E-state index is 11.6. The number of carbonyl (C=O) groups excluding carboxylic acids is 1. The standard InChI is InChI=1S/C14H15N3O3/c1-14(2,13(18)17-16)8-19-12-9-5-3-4-6-10(9)20-11(12)7-15/h3-6H,8,16H2,1-2H3,(H,17,18). The highest BCUT2D eigenvalue weighted by atomic mass is 16.5. The van der Waals surface area contributed by atoms with E-state index in [4.69, 9.17) is 20.3 Å². The van der Waals surface area contributed by atoms with Crippen LogP contribution < -0.4 is 16.0 Å². The number of nitriles is 1. The van der Waals surface area contributed by atoms with Crippen LogP contribution in [0.3, 0.4) is 0 Å². The first kappa shape index (κ1) is 13.9. The van der Waals surface area contributed by atoms with Gasteiger partial charge in [-0.25, -0.2) is 5.84 Å². The van der Waals surface area contributed by atoms with Crippen LogP contribution in [-0.2, 0) is 4.79 Å². The van der Waals surface area contributed by atoms with E-state index in [2.05, 4.69) is 5.43 Å². The highest BCUT2D eigenvalue weighted by Gasteiger charge is 2.29. The van der Waals surface area contributed by atoms with Crippen LogP contribution in [0.2, 0.25) is 0 Å². The van der Waals surface area contributed by atoms with Gasteiger partial charge in [0.2, 0.25) is 11.7 Å². The minimum atomic E-state index is -0.820. The van der Waals surface area contributed by atoms with Crippen molar-refractivity contribution >= 4 is 16.9 Å². The second-order valence-electron chi connectivity index (χ2n) is 5.01. The lowest BCUT2D eigenvalue weighted by Gasteiger charge is -2.22. The second-order valence-corrected chi connectivity index (χ2v) is 5.01. The molecule has 3 N–H and O–H groups in total. The SMILES string of the molecule is CC(C)(COc1c(C#N)oc2ccccc12)C(=O)NN. The molecular formula is C14H15N3O3. The van der Waals surface area contributed by atoms with Gasteiger partial charge in [-0.3, -0.25) is 10.2 Å². The molecule has 6 nitrogen and oxygen atoms in total. The van der Waals surface area contributed by atoms with Crippen LogP contribution in [0.15, 0.2) is 28.7 Å². The van der Waals surface area contributed by atoms with E-state index in [1.54, 1.807) is 26.0 Å². The van der Waals surface area contributed by atoms with E-state index >= 15 is 0 Å². The van der Waals surface area contributed by atoms with Crippen molar-refractivity contribution in [3.05, 3.63) is 30.0 Å². The molecule has 0 fully saturated rings. The molecule has 0 saturated carbocycles. The van der Waals surface area contributed by atoms with E-state index in [1.165, 1.54) is 0 Å². The van der Waals surface area contributed by atoms with Gasteiger partial charge in [-0.1, -0.05) is 12.1 Å². The quantitative estimate of drug-likeness (QED) is 0.501. The molecule has 0 bridgehead atoms. The monoisotopic (exact) mass is 273 g/mol. The molecule has 6 heteroatoms. The Morgan fingerprint density at radius 2 is 2.20 bits per heavy atom. The summed E-state index contributed by atoms with van der Waals surface area (Å²) in [5, 5.41) is 9.78. The Bertz CT molecular complexity index is 683. The lowest BCUT2D eigenvalue weighted by molar-refractivity contribution is -0.130. The fourth-order valence-electron chi connectivity index (χ4n) is 1.75. The average molecular weight is 273 g/mol. The number of benzene rings is 1. The molecule has 20 heavy (non-hydrogen) atoms. The molecule has 1 amide bonds. The summed E-state index contributed by atoms with van der Waals surface area (Å²) in [4.78, 5) is 11.6. The van der Waals surface area contributed by atoms with Gasteiger partial charge < -0.3 is 9.15 Å². The number of rotatable bonds is 4. The minimum absolute atomic E-state index is 0.0776. The summed E-state index contributed by atoms with van der Waals surface area (Å²) in [6, 6.07) is 9.13. The van der Waals surface area contributed by atoms with Crippen LogP contribution in [0.4, 0.5) is 0 Å². The Balaban J connectivity index is 2.30. The van der Waals surface area contributed by atoms with Crippen molar-refractivity contribution in [3.63, 3.8) is 0 Å². The van der Waals surface area contributed by atoms with E-state index in [0.717, 1.165) is 0 Å². The van der Waals surface area contributed by atoms with Crippen molar-refractivity contribution < 1.29 is 13.9 Å². The number of hydrogen-bond acceptors (Lipinski definition) is 5. The zero-order chi connectivity index (χ0) is 14.8. The molecule has 104 valence electrons. The number of fused-ring (bicyclic) bond motifs is 1. The third-order valence-electron chi connectivity index (χ3n) is 2.97. The lowest BCUT2D eigenvalue weighted by atomic mass is 9.94. The van der Waals surface area contributed by atoms with Gasteiger partial charge in [0.25, 0.3) is 0 Å². The van der Waals surface area contributed by atoms with Crippen LogP contribution in [0.25, 0.3) is 11.0 Å². The predicted molar refractivity (Wildman–Crippen MR) is 72.5 cm³/mol. The number of nitrogens with two attached hydrogens (primary N) is 1. The smallest absolute Gasteiger partial charge is 0.246 e. The molecule has 1 heterocycles. The zero-order valence-electron chi connectivity index (χ0n) is 11.3. The fraction of sp³-hybridized carbons (Fsp3) is 0.286. The number of furan rings is 1. The summed E-state index contributed by atoms with van der Waals surface area (Å²) in [6.07, 6.45) is 0. The molecule has 2 rings (SSSR count). The van der Waals surface area contributed by atoms with Crippen LogP contribution in [0.5, 0.6) is 5.75 Å². The molecule has 0 saturated heterocycles. The van der Waals surface area contributed by atoms with Gasteiger partial charge in [-0.2, -0.15) is 5.26 Å². The summed E-state index contributed by atoms with van der Waals surface area (Å²) >= 11 is 0. The van der Waals surface area contributed by atoms with Crippen molar-refractivity contribution in [2.45, 2.75) is 13.8 Å². The largest absolute Gasteiger partial charge is 0.487 e. The molecular weight excluding hydrogens is 258 g/mol. The molecule has 1 aromatic heterocycles. The molecule has 0 unspecified atom stereocenters. The Morgan fingerprint density at radius 1 is 1.50 bits per heavy atom. The maximum Gasteiger partial charge on any atom is 0.246 e. The number of ether oxygens (including phenoxy) is 1. The number of amides is 1. The van der Waals surface area contributed by atoms with E-state index in [9.17, 15) is 4.79 Å². The van der Waals surface area contributed by atoms with E-state index < -0.39 is 5.41 Å². The number of hydrazine groups is 1. The summed E-state index contributed by atoms with van der Waals surface area (Å²) in [5.74, 6) is 5.22. The Hall–Kier alpha value is -2.52. The van der Waals surface area contributed by atoms with Crippen LogP contribution in [0, 0.1) is 16.7 Å². The Kier molecular flexibility index (Phi) is 3.63. The summed E-state index contributed by atoms with van der Waals surface area (Å²) < 4.78 is 11.0. The second kappa shape index (κ2) is 5.23. The zero-order valence-corrected chi connectivity index (χ0v) is 11.3. The van der Waals surface area contributed by atoms with Crippen molar-refractivity contribution in [2.75, 3.05) is 6.61 Å². The van der Waals surface area contributed by atoms with Crippen LogP contribution in [-0.4, -0.2) is 12.5 Å². The maximum atomic E-state index is 11.6. The molecule has 0 aliphatic heterocycles. The minimum Gasteiger partial charge on any atom is -0.487 e. The molecule has 1 aromatic carbocycles. The molecule has 0 radical (unpaired) electrons. The average Bonchev–Trinajstić information content (AvgIpc) is 2.82. The highest BCUT2D eigenvalue weighted by molar-refractivity contribution is 5.86. The fourth-order valence-corrected chi connectivity index (χ4v) is 1.75. The summed E-state index contributed by atoms with van der Waals surface area (Å²) in [6.45, 7) is 3.47. The van der Waals surface area contributed by atoms with Crippen molar-refractivity contribution in [2.24, 2.45) is 11.3 Å². The number of hydrogen-bond donors (Lipinski definition) is 2. The van der Waals surface area contributed by atoms with Gasteiger partial charge in [-0.05, 0) is 26.0 Å². The van der Waals surface area contributed by atoms with Crippen molar-refractivity contribution in [3.8, 4) is 11.8 Å². The van der Waals surface area contributed by atoms with Crippen molar-refractivity contribution in [1.29, 1.82) is 5.26 Å². The first-order valence-corrected chi connectivity index (χ1v) is 6.05. The Labute approximate surface area is 116 Å². The Morgan fingerprint density at radius 3 is 2.85 bits per heavy atom. The third-order valence-corrected chi connectivity index (χ3v) is 2.97. The number of para-hydroxylation sites is 1.